The van der Waals surface area contributed by atoms with Crippen LogP contribution < -0.4 is 11.1 Å². The lowest BCUT2D eigenvalue weighted by atomic mass is 9.95. The number of fused-ring (bicyclic) bond motifs is 1. The minimum absolute atomic E-state index is 0.0581. The number of nitrogens with two attached hydrogens (primary N) is 1. The van der Waals surface area contributed by atoms with Crippen molar-refractivity contribution in [1.29, 1.82) is 0 Å². The molecule has 1 fully saturated rings. The monoisotopic (exact) mass is 350 g/mol. The summed E-state index contributed by atoms with van der Waals surface area (Å²) < 4.78 is 0. The summed E-state index contributed by atoms with van der Waals surface area (Å²) in [6.45, 7) is 4.10. The fraction of sp³-hybridized carbons (Fsp3) is 0.562. The molecule has 7 heteroatoms. The van der Waals surface area contributed by atoms with E-state index < -0.39 is 0 Å². The maximum absolute atomic E-state index is 12.1. The molecule has 0 bridgehead atoms. The first-order chi connectivity index (χ1) is 11.0. The van der Waals surface area contributed by atoms with Gasteiger partial charge in [-0.25, -0.2) is 9.97 Å². The maximum Gasteiger partial charge on any atom is 0.230 e. The normalized spacial score (nSPS) is 15.9. The quantitative estimate of drug-likeness (QED) is 0.652. The van der Waals surface area contributed by atoms with Gasteiger partial charge in [0.1, 0.15) is 10.6 Å². The Morgan fingerprint density at radius 2 is 2.04 bits per heavy atom. The molecule has 0 radical (unpaired) electrons. The number of hydrogen-bond acceptors (Lipinski definition) is 6. The lowest BCUT2D eigenvalue weighted by Crippen LogP contribution is -2.37. The molecule has 0 saturated heterocycles. The fourth-order valence-corrected chi connectivity index (χ4v) is 4.73. The Bertz CT molecular complexity index is 722. The minimum Gasteiger partial charge on any atom is -0.383 e. The summed E-state index contributed by atoms with van der Waals surface area (Å²) in [5.41, 5.74) is 7.22. The average molecular weight is 351 g/mol. The van der Waals surface area contributed by atoms with E-state index in [1.165, 1.54) is 35.9 Å². The molecule has 1 aliphatic carbocycles. The largest absolute Gasteiger partial charge is 0.383 e. The van der Waals surface area contributed by atoms with Gasteiger partial charge >= 0.3 is 0 Å². The number of amides is 1. The Hall–Kier alpha value is -1.34. The van der Waals surface area contributed by atoms with Gasteiger partial charge in [-0.15, -0.1) is 11.3 Å². The summed E-state index contributed by atoms with van der Waals surface area (Å²) in [7, 11) is 0. The molecule has 0 unspecified atom stereocenters. The van der Waals surface area contributed by atoms with E-state index in [1.807, 2.05) is 6.92 Å². The number of rotatable bonds is 4. The molecule has 124 valence electrons. The topological polar surface area (TPSA) is 80.9 Å². The standard InChI is InChI=1S/C16H22N4OS2/c1-9-10(2)23-15-13(9)14(17)19-16(20-15)22-8-12(21)18-11-6-4-3-5-7-11/h11H,3-8H2,1-2H3,(H,18,21)(H2,17,19,20). The van der Waals surface area contributed by atoms with Crippen molar-refractivity contribution in [1.82, 2.24) is 15.3 Å². The Morgan fingerprint density at radius 1 is 1.30 bits per heavy atom. The maximum atomic E-state index is 12.1. The first kappa shape index (κ1) is 16.5. The van der Waals surface area contributed by atoms with Crippen LogP contribution in [-0.2, 0) is 4.79 Å². The van der Waals surface area contributed by atoms with Crippen molar-refractivity contribution in [2.75, 3.05) is 11.5 Å². The van der Waals surface area contributed by atoms with Crippen LogP contribution in [0.4, 0.5) is 5.82 Å². The van der Waals surface area contributed by atoms with Gasteiger partial charge in [-0.3, -0.25) is 4.79 Å². The zero-order valence-corrected chi connectivity index (χ0v) is 15.1. The van der Waals surface area contributed by atoms with E-state index in [0.29, 0.717) is 22.8 Å². The number of nitrogens with zero attached hydrogens (tertiary/aromatic N) is 2. The van der Waals surface area contributed by atoms with Crippen LogP contribution in [0.25, 0.3) is 10.2 Å². The number of carbonyl (C=O) groups excluding carboxylic acids is 1. The molecule has 1 amide bonds. The van der Waals surface area contributed by atoms with E-state index in [9.17, 15) is 4.79 Å². The number of aryl methyl sites for hydroxylation is 2. The fourth-order valence-electron chi connectivity index (χ4n) is 2.97. The highest BCUT2D eigenvalue weighted by Crippen LogP contribution is 2.33. The number of thiophene rings is 1. The van der Waals surface area contributed by atoms with Crippen LogP contribution in [0.3, 0.4) is 0 Å². The van der Waals surface area contributed by atoms with Crippen LogP contribution in [0.5, 0.6) is 0 Å². The van der Waals surface area contributed by atoms with Gasteiger partial charge in [-0.2, -0.15) is 0 Å². The molecule has 0 spiro atoms. The van der Waals surface area contributed by atoms with Crippen LogP contribution >= 0.6 is 23.1 Å². The van der Waals surface area contributed by atoms with Crippen molar-refractivity contribution in [3.63, 3.8) is 0 Å². The SMILES string of the molecule is Cc1sc2nc(SCC(=O)NC3CCCCC3)nc(N)c2c1C. The first-order valence-electron chi connectivity index (χ1n) is 8.00. The highest BCUT2D eigenvalue weighted by Gasteiger charge is 2.17. The molecule has 0 atom stereocenters. The van der Waals surface area contributed by atoms with Crippen LogP contribution in [0, 0.1) is 13.8 Å². The predicted octanol–water partition coefficient (Wildman–Crippen LogP) is 3.43. The summed E-state index contributed by atoms with van der Waals surface area (Å²) in [5.74, 6) is 0.903. The second kappa shape index (κ2) is 7.05. The van der Waals surface area contributed by atoms with Crippen LogP contribution in [0.15, 0.2) is 5.16 Å². The summed E-state index contributed by atoms with van der Waals surface area (Å²) in [6.07, 6.45) is 5.91. The number of nitrogens with one attached hydrogen (secondary N) is 1. The zero-order chi connectivity index (χ0) is 16.4. The molecule has 2 heterocycles. The molecule has 0 aromatic carbocycles. The number of nitrogen functional groups attached to an aromatic ring is 1. The molecule has 0 aliphatic heterocycles. The molecule has 3 rings (SSSR count). The highest BCUT2D eigenvalue weighted by molar-refractivity contribution is 7.99. The van der Waals surface area contributed by atoms with Gasteiger partial charge in [0.2, 0.25) is 5.91 Å². The average Bonchev–Trinajstić information content (AvgIpc) is 2.81. The Balaban J connectivity index is 1.63. The predicted molar refractivity (Wildman–Crippen MR) is 97.0 cm³/mol. The molecule has 2 aromatic heterocycles. The Labute approximate surface area is 144 Å². The van der Waals surface area contributed by atoms with Crippen LogP contribution in [0.2, 0.25) is 0 Å². The van der Waals surface area contributed by atoms with Gasteiger partial charge in [-0.05, 0) is 32.3 Å². The number of carbonyl (C=O) groups is 1. The lowest BCUT2D eigenvalue weighted by Gasteiger charge is -2.22. The van der Waals surface area contributed by atoms with E-state index in [-0.39, 0.29) is 5.91 Å². The highest BCUT2D eigenvalue weighted by atomic mass is 32.2. The molecule has 23 heavy (non-hydrogen) atoms. The summed E-state index contributed by atoms with van der Waals surface area (Å²) in [6, 6.07) is 0.341. The van der Waals surface area contributed by atoms with Gasteiger partial charge in [-0.1, -0.05) is 31.0 Å². The number of anilines is 1. The van der Waals surface area contributed by atoms with Gasteiger partial charge < -0.3 is 11.1 Å². The number of thioether (sulfide) groups is 1. The van der Waals surface area contributed by atoms with E-state index in [4.69, 9.17) is 5.73 Å². The first-order valence-corrected chi connectivity index (χ1v) is 9.80. The Morgan fingerprint density at radius 3 is 2.78 bits per heavy atom. The van der Waals surface area contributed by atoms with Crippen molar-refractivity contribution in [2.45, 2.75) is 57.1 Å². The molecule has 1 saturated carbocycles. The van der Waals surface area contributed by atoms with Crippen LogP contribution in [-0.4, -0.2) is 27.7 Å². The van der Waals surface area contributed by atoms with Crippen LogP contribution in [0.1, 0.15) is 42.5 Å². The van der Waals surface area contributed by atoms with Crippen molar-refractivity contribution in [2.24, 2.45) is 0 Å². The smallest absolute Gasteiger partial charge is 0.230 e. The number of aromatic nitrogens is 2. The third-order valence-corrected chi connectivity index (χ3v) is 6.29. The van der Waals surface area contributed by atoms with Crippen molar-refractivity contribution < 1.29 is 4.79 Å². The van der Waals surface area contributed by atoms with E-state index >= 15 is 0 Å². The van der Waals surface area contributed by atoms with Gasteiger partial charge in [0.25, 0.3) is 0 Å². The second-order valence-corrected chi connectivity index (χ2v) is 8.19. The van der Waals surface area contributed by atoms with E-state index in [1.54, 1.807) is 11.3 Å². The molecular weight excluding hydrogens is 328 g/mol. The summed E-state index contributed by atoms with van der Waals surface area (Å²) in [5, 5.41) is 4.64. The minimum atomic E-state index is 0.0581. The third kappa shape index (κ3) is 3.77. The molecular formula is C16H22N4OS2. The molecule has 1 aliphatic rings. The molecule has 5 nitrogen and oxygen atoms in total. The number of hydrogen-bond donors (Lipinski definition) is 2. The van der Waals surface area contributed by atoms with Crippen molar-refractivity contribution >= 4 is 45.0 Å². The van der Waals surface area contributed by atoms with Gasteiger partial charge in [0.15, 0.2) is 5.16 Å². The van der Waals surface area contributed by atoms with Crippen molar-refractivity contribution in [3.05, 3.63) is 10.4 Å². The summed E-state index contributed by atoms with van der Waals surface area (Å²) >= 11 is 2.98. The van der Waals surface area contributed by atoms with Gasteiger partial charge in [0, 0.05) is 10.9 Å². The van der Waals surface area contributed by atoms with E-state index in [2.05, 4.69) is 22.2 Å². The lowest BCUT2D eigenvalue weighted by molar-refractivity contribution is -0.119. The van der Waals surface area contributed by atoms with E-state index in [0.717, 1.165) is 28.6 Å². The summed E-state index contributed by atoms with van der Waals surface area (Å²) in [4.78, 5) is 23.1. The third-order valence-electron chi connectivity index (χ3n) is 4.34. The molecule has 2 aromatic rings. The Kier molecular flexibility index (Phi) is 5.06. The zero-order valence-electron chi connectivity index (χ0n) is 13.5. The molecule has 3 N–H and O–H groups in total. The second-order valence-electron chi connectivity index (χ2n) is 6.05. The van der Waals surface area contributed by atoms with Crippen molar-refractivity contribution in [3.8, 4) is 0 Å². The van der Waals surface area contributed by atoms with Gasteiger partial charge in [0.05, 0.1) is 11.1 Å².